The molecule has 0 aliphatic carbocycles. The van der Waals surface area contributed by atoms with Crippen molar-refractivity contribution < 1.29 is 9.53 Å². The summed E-state index contributed by atoms with van der Waals surface area (Å²) in [5.41, 5.74) is 9.29. The van der Waals surface area contributed by atoms with Gasteiger partial charge < -0.3 is 15.4 Å². The van der Waals surface area contributed by atoms with Crippen LogP contribution >= 0.6 is 0 Å². The highest BCUT2D eigenvalue weighted by Crippen LogP contribution is 2.34. The normalized spacial score (nSPS) is 13.2. The van der Waals surface area contributed by atoms with Gasteiger partial charge in [0.2, 0.25) is 0 Å². The van der Waals surface area contributed by atoms with Gasteiger partial charge in [-0.05, 0) is 42.3 Å². The number of carbonyl (C=O) groups is 1. The zero-order chi connectivity index (χ0) is 14.1. The van der Waals surface area contributed by atoms with Crippen molar-refractivity contribution in [2.75, 3.05) is 24.3 Å². The number of hydrogen-bond acceptors (Lipinski definition) is 3. The maximum absolute atomic E-state index is 12.6. The molecular formula is C16H16N2O2. The molecule has 0 spiro atoms. The van der Waals surface area contributed by atoms with E-state index in [1.165, 1.54) is 0 Å². The third-order valence-corrected chi connectivity index (χ3v) is 3.61. The summed E-state index contributed by atoms with van der Waals surface area (Å²) < 4.78 is 5.10. The maximum Gasteiger partial charge on any atom is 0.258 e. The zero-order valence-electron chi connectivity index (χ0n) is 11.3. The van der Waals surface area contributed by atoms with Gasteiger partial charge in [-0.1, -0.05) is 12.1 Å². The van der Waals surface area contributed by atoms with Gasteiger partial charge in [0.25, 0.3) is 5.91 Å². The zero-order valence-corrected chi connectivity index (χ0v) is 11.3. The second-order valence-corrected chi connectivity index (χ2v) is 4.79. The number of nitrogens with zero attached hydrogens (tertiary/aromatic N) is 1. The van der Waals surface area contributed by atoms with Gasteiger partial charge in [-0.25, -0.2) is 0 Å². The molecule has 102 valence electrons. The van der Waals surface area contributed by atoms with Gasteiger partial charge in [0.1, 0.15) is 5.75 Å². The minimum absolute atomic E-state index is 0.0238. The summed E-state index contributed by atoms with van der Waals surface area (Å²) in [4.78, 5) is 14.3. The molecule has 2 aromatic rings. The van der Waals surface area contributed by atoms with Crippen LogP contribution in [-0.2, 0) is 6.42 Å². The van der Waals surface area contributed by atoms with Crippen LogP contribution in [0.2, 0.25) is 0 Å². The van der Waals surface area contributed by atoms with Crippen molar-refractivity contribution in [2.45, 2.75) is 6.42 Å². The Balaban J connectivity index is 1.93. The Kier molecular flexibility index (Phi) is 3.06. The van der Waals surface area contributed by atoms with Crippen LogP contribution in [0.15, 0.2) is 42.5 Å². The quantitative estimate of drug-likeness (QED) is 0.851. The Morgan fingerprint density at radius 2 is 1.95 bits per heavy atom. The number of nitrogens with two attached hydrogens (primary N) is 1. The van der Waals surface area contributed by atoms with Gasteiger partial charge in [-0.2, -0.15) is 0 Å². The highest BCUT2D eigenvalue weighted by atomic mass is 16.5. The topological polar surface area (TPSA) is 55.6 Å². The van der Waals surface area contributed by atoms with Crippen molar-refractivity contribution in [2.24, 2.45) is 0 Å². The molecule has 1 aliphatic heterocycles. The monoisotopic (exact) mass is 268 g/mol. The minimum atomic E-state index is -0.0238. The third-order valence-electron chi connectivity index (χ3n) is 3.61. The van der Waals surface area contributed by atoms with E-state index in [1.807, 2.05) is 18.2 Å². The molecule has 2 aromatic carbocycles. The second-order valence-electron chi connectivity index (χ2n) is 4.79. The number of nitrogen functional groups attached to an aromatic ring is 1. The van der Waals surface area contributed by atoms with E-state index in [-0.39, 0.29) is 5.91 Å². The number of rotatable bonds is 2. The maximum atomic E-state index is 12.6. The number of amides is 1. The molecule has 4 nitrogen and oxygen atoms in total. The third kappa shape index (κ3) is 1.99. The van der Waals surface area contributed by atoms with Gasteiger partial charge in [0.15, 0.2) is 0 Å². The summed E-state index contributed by atoms with van der Waals surface area (Å²) in [6, 6.07) is 12.9. The summed E-state index contributed by atoms with van der Waals surface area (Å²) in [6.45, 7) is 0.675. The van der Waals surface area contributed by atoms with Gasteiger partial charge in [0.05, 0.1) is 18.5 Å². The van der Waals surface area contributed by atoms with Crippen LogP contribution < -0.4 is 15.4 Å². The molecule has 3 rings (SSSR count). The number of carbonyl (C=O) groups excluding carboxylic acids is 1. The first-order valence-electron chi connectivity index (χ1n) is 6.54. The van der Waals surface area contributed by atoms with Gasteiger partial charge >= 0.3 is 0 Å². The molecule has 2 N–H and O–H groups in total. The summed E-state index contributed by atoms with van der Waals surface area (Å²) in [6.07, 6.45) is 0.849. The predicted octanol–water partition coefficient (Wildman–Crippen LogP) is 2.48. The lowest BCUT2D eigenvalue weighted by Gasteiger charge is -2.19. The number of para-hydroxylation sites is 1. The number of fused-ring (bicyclic) bond motifs is 1. The van der Waals surface area contributed by atoms with Crippen LogP contribution in [0.3, 0.4) is 0 Å². The molecule has 1 amide bonds. The smallest absolute Gasteiger partial charge is 0.258 e. The Morgan fingerprint density at radius 1 is 1.20 bits per heavy atom. The summed E-state index contributed by atoms with van der Waals surface area (Å²) in [5.74, 6) is 0.715. The molecule has 0 saturated carbocycles. The molecule has 0 bridgehead atoms. The first-order chi connectivity index (χ1) is 9.70. The number of ether oxygens (including phenoxy) is 1. The summed E-state index contributed by atoms with van der Waals surface area (Å²) >= 11 is 0. The lowest BCUT2D eigenvalue weighted by atomic mass is 10.1. The van der Waals surface area contributed by atoms with Crippen molar-refractivity contribution in [3.8, 4) is 5.75 Å². The molecule has 20 heavy (non-hydrogen) atoms. The Labute approximate surface area is 117 Å². The fraction of sp³-hybridized carbons (Fsp3) is 0.188. The van der Waals surface area contributed by atoms with E-state index in [1.54, 1.807) is 36.3 Å². The lowest BCUT2D eigenvalue weighted by Crippen LogP contribution is -2.29. The van der Waals surface area contributed by atoms with Gasteiger partial charge in [-0.15, -0.1) is 0 Å². The molecule has 0 fully saturated rings. The fourth-order valence-corrected chi connectivity index (χ4v) is 2.58. The van der Waals surface area contributed by atoms with E-state index in [0.29, 0.717) is 17.8 Å². The van der Waals surface area contributed by atoms with Gasteiger partial charge in [-0.3, -0.25) is 4.79 Å². The number of benzene rings is 2. The summed E-state index contributed by atoms with van der Waals surface area (Å²) in [7, 11) is 1.61. The van der Waals surface area contributed by atoms with Crippen molar-refractivity contribution in [3.63, 3.8) is 0 Å². The number of methoxy groups -OCH3 is 1. The molecular weight excluding hydrogens is 252 g/mol. The molecule has 4 heteroatoms. The van der Waals surface area contributed by atoms with E-state index in [2.05, 4.69) is 0 Å². The predicted molar refractivity (Wildman–Crippen MR) is 79.2 cm³/mol. The standard InChI is InChI=1S/C16H16N2O2/c1-20-13-7-5-12(6-8-13)16(19)18-10-9-11-3-2-4-14(17)15(11)18/h2-8H,9-10,17H2,1H3. The first-order valence-corrected chi connectivity index (χ1v) is 6.54. The molecule has 0 saturated heterocycles. The van der Waals surface area contributed by atoms with E-state index in [0.717, 1.165) is 23.4 Å². The van der Waals surface area contributed by atoms with E-state index in [4.69, 9.17) is 10.5 Å². The van der Waals surface area contributed by atoms with Gasteiger partial charge in [0, 0.05) is 12.1 Å². The van der Waals surface area contributed by atoms with Crippen molar-refractivity contribution in [1.82, 2.24) is 0 Å². The van der Waals surface area contributed by atoms with Crippen molar-refractivity contribution in [1.29, 1.82) is 0 Å². The number of hydrogen-bond donors (Lipinski definition) is 1. The molecule has 0 radical (unpaired) electrons. The summed E-state index contributed by atoms with van der Waals surface area (Å²) in [5, 5.41) is 0. The van der Waals surface area contributed by atoms with Crippen LogP contribution in [0.4, 0.5) is 11.4 Å². The molecule has 0 unspecified atom stereocenters. The van der Waals surface area contributed by atoms with Crippen LogP contribution in [-0.4, -0.2) is 19.6 Å². The van der Waals surface area contributed by atoms with E-state index in [9.17, 15) is 4.79 Å². The second kappa shape index (κ2) is 4.89. The fourth-order valence-electron chi connectivity index (χ4n) is 2.58. The SMILES string of the molecule is COc1ccc(C(=O)N2CCc3cccc(N)c32)cc1. The van der Waals surface area contributed by atoms with Crippen LogP contribution in [0.1, 0.15) is 15.9 Å². The van der Waals surface area contributed by atoms with Crippen LogP contribution in [0.25, 0.3) is 0 Å². The number of anilines is 2. The van der Waals surface area contributed by atoms with Crippen LogP contribution in [0.5, 0.6) is 5.75 Å². The Hall–Kier alpha value is -2.49. The lowest BCUT2D eigenvalue weighted by molar-refractivity contribution is 0.0989. The van der Waals surface area contributed by atoms with Crippen LogP contribution in [0, 0.1) is 0 Å². The minimum Gasteiger partial charge on any atom is -0.497 e. The average molecular weight is 268 g/mol. The van der Waals surface area contributed by atoms with E-state index < -0.39 is 0 Å². The van der Waals surface area contributed by atoms with Crippen molar-refractivity contribution in [3.05, 3.63) is 53.6 Å². The largest absolute Gasteiger partial charge is 0.497 e. The Bertz CT molecular complexity index is 650. The molecule has 0 aromatic heterocycles. The first kappa shape index (κ1) is 12.5. The highest BCUT2D eigenvalue weighted by molar-refractivity contribution is 6.09. The van der Waals surface area contributed by atoms with E-state index >= 15 is 0 Å². The molecule has 0 atom stereocenters. The van der Waals surface area contributed by atoms with Crippen molar-refractivity contribution >= 4 is 17.3 Å². The average Bonchev–Trinajstić information content (AvgIpc) is 2.92. The molecule has 1 aliphatic rings. The Morgan fingerprint density at radius 3 is 2.65 bits per heavy atom. The highest BCUT2D eigenvalue weighted by Gasteiger charge is 2.27. The molecule has 1 heterocycles.